The van der Waals surface area contributed by atoms with Crippen LogP contribution in [0.15, 0.2) is 0 Å². The first-order valence-corrected chi connectivity index (χ1v) is 10.4. The molecule has 0 saturated heterocycles. The molecule has 0 aromatic heterocycles. The van der Waals surface area contributed by atoms with Gasteiger partial charge in [-0.25, -0.2) is 0 Å². The predicted molar refractivity (Wildman–Crippen MR) is 95.2 cm³/mol. The summed E-state index contributed by atoms with van der Waals surface area (Å²) in [5, 5.41) is 0. The fourth-order valence-electron chi connectivity index (χ4n) is 2.97. The molecule has 0 radical (unpaired) electrons. The van der Waals surface area contributed by atoms with Crippen LogP contribution in [0.3, 0.4) is 0 Å². The number of rotatable bonds is 15. The van der Waals surface area contributed by atoms with Crippen molar-refractivity contribution in [1.82, 2.24) is 0 Å². The van der Waals surface area contributed by atoms with Crippen molar-refractivity contribution in [2.24, 2.45) is 11.8 Å². The average molecular weight is 333 g/mol. The zero-order chi connectivity index (χ0) is 16.8. The second kappa shape index (κ2) is 14.6. The van der Waals surface area contributed by atoms with Crippen LogP contribution in [0, 0.1) is 11.8 Å². The Morgan fingerprint density at radius 1 is 0.955 bits per heavy atom. The zero-order valence-corrected chi connectivity index (χ0v) is 16.1. The van der Waals surface area contributed by atoms with Gasteiger partial charge < -0.3 is 0 Å². The summed E-state index contributed by atoms with van der Waals surface area (Å²) in [7, 11) is -2.47. The van der Waals surface area contributed by atoms with E-state index in [1.165, 1.54) is 44.9 Å². The SMILES string of the molecule is CCCCC(CC)CC(CCCCCCC(C)C)O[P+](=O)O. The van der Waals surface area contributed by atoms with Gasteiger partial charge in [0.2, 0.25) is 0 Å². The van der Waals surface area contributed by atoms with Gasteiger partial charge in [-0.2, -0.15) is 0 Å². The van der Waals surface area contributed by atoms with Gasteiger partial charge in [0.15, 0.2) is 0 Å². The Bertz CT molecular complexity index is 269. The van der Waals surface area contributed by atoms with Gasteiger partial charge in [0.25, 0.3) is 0 Å². The fourth-order valence-corrected chi connectivity index (χ4v) is 3.42. The van der Waals surface area contributed by atoms with Gasteiger partial charge in [-0.1, -0.05) is 85.5 Å². The van der Waals surface area contributed by atoms with Gasteiger partial charge >= 0.3 is 8.25 Å². The maximum absolute atomic E-state index is 11.0. The van der Waals surface area contributed by atoms with Gasteiger partial charge in [0.05, 0.1) is 0 Å². The molecule has 0 heterocycles. The van der Waals surface area contributed by atoms with Gasteiger partial charge in [-0.3, -0.25) is 0 Å². The van der Waals surface area contributed by atoms with Crippen molar-refractivity contribution >= 4 is 8.25 Å². The molecule has 1 N–H and O–H groups in total. The number of unbranched alkanes of at least 4 members (excludes halogenated alkanes) is 4. The van der Waals surface area contributed by atoms with Crippen LogP contribution in [0.5, 0.6) is 0 Å². The molecule has 0 aliphatic heterocycles. The third kappa shape index (κ3) is 13.7. The molecule has 0 aromatic rings. The van der Waals surface area contributed by atoms with Crippen LogP contribution in [-0.4, -0.2) is 11.0 Å². The molecule has 0 aliphatic carbocycles. The van der Waals surface area contributed by atoms with E-state index in [-0.39, 0.29) is 6.10 Å². The first-order valence-electron chi connectivity index (χ1n) is 9.32. The van der Waals surface area contributed by atoms with E-state index in [2.05, 4.69) is 27.7 Å². The molecule has 0 saturated carbocycles. The van der Waals surface area contributed by atoms with E-state index in [0.29, 0.717) is 5.92 Å². The molecule has 0 fully saturated rings. The van der Waals surface area contributed by atoms with E-state index >= 15 is 0 Å². The molecule has 3 nitrogen and oxygen atoms in total. The Hall–Kier alpha value is 0.0200. The van der Waals surface area contributed by atoms with Crippen LogP contribution < -0.4 is 0 Å². The maximum Gasteiger partial charge on any atom is 0.694 e. The Balaban J connectivity index is 4.03. The largest absolute Gasteiger partial charge is 0.694 e. The van der Waals surface area contributed by atoms with Crippen molar-refractivity contribution in [2.45, 2.75) is 104 Å². The lowest BCUT2D eigenvalue weighted by atomic mass is 9.91. The second-order valence-corrected chi connectivity index (χ2v) is 7.69. The lowest BCUT2D eigenvalue weighted by molar-refractivity contribution is 0.141. The van der Waals surface area contributed by atoms with E-state index in [4.69, 9.17) is 9.42 Å². The van der Waals surface area contributed by atoms with Gasteiger partial charge in [0.1, 0.15) is 6.10 Å². The summed E-state index contributed by atoms with van der Waals surface area (Å²) in [5.41, 5.74) is 0. The van der Waals surface area contributed by atoms with Crippen molar-refractivity contribution in [3.05, 3.63) is 0 Å². The zero-order valence-electron chi connectivity index (χ0n) is 15.2. The molecule has 0 bridgehead atoms. The lowest BCUT2D eigenvalue weighted by Gasteiger charge is -2.18. The molecule has 4 heteroatoms. The molecule has 0 spiro atoms. The number of hydrogen-bond donors (Lipinski definition) is 1. The van der Waals surface area contributed by atoms with Crippen molar-refractivity contribution in [3.63, 3.8) is 0 Å². The molecular formula is C18H38O3P+. The van der Waals surface area contributed by atoms with Crippen LogP contribution in [0.1, 0.15) is 98.3 Å². The third-order valence-electron chi connectivity index (χ3n) is 4.44. The van der Waals surface area contributed by atoms with Crippen molar-refractivity contribution in [2.75, 3.05) is 0 Å². The van der Waals surface area contributed by atoms with Crippen molar-refractivity contribution in [3.8, 4) is 0 Å². The molecule has 132 valence electrons. The van der Waals surface area contributed by atoms with Gasteiger partial charge in [0, 0.05) is 4.57 Å². The summed E-state index contributed by atoms with van der Waals surface area (Å²) in [6.45, 7) is 8.95. The van der Waals surface area contributed by atoms with E-state index in [1.807, 2.05) is 0 Å². The monoisotopic (exact) mass is 333 g/mol. The number of hydrogen-bond acceptors (Lipinski definition) is 2. The minimum absolute atomic E-state index is 0.0412. The van der Waals surface area contributed by atoms with Crippen LogP contribution in [0.2, 0.25) is 0 Å². The topological polar surface area (TPSA) is 46.5 Å². The summed E-state index contributed by atoms with van der Waals surface area (Å²) in [6.07, 6.45) is 12.8. The first-order chi connectivity index (χ1) is 10.5. The van der Waals surface area contributed by atoms with Crippen LogP contribution >= 0.6 is 8.25 Å². The molecule has 3 atom stereocenters. The fraction of sp³-hybridized carbons (Fsp3) is 1.00. The average Bonchev–Trinajstić information content (AvgIpc) is 2.45. The summed E-state index contributed by atoms with van der Waals surface area (Å²) in [5.74, 6) is 1.42. The summed E-state index contributed by atoms with van der Waals surface area (Å²) >= 11 is 0. The summed E-state index contributed by atoms with van der Waals surface area (Å²) in [6, 6.07) is 0. The first kappa shape index (κ1) is 22.0. The quantitative estimate of drug-likeness (QED) is 0.270. The van der Waals surface area contributed by atoms with E-state index in [1.54, 1.807) is 0 Å². The van der Waals surface area contributed by atoms with Gasteiger partial charge in [-0.15, -0.1) is 9.42 Å². The van der Waals surface area contributed by atoms with Crippen LogP contribution in [0.25, 0.3) is 0 Å². The normalized spacial score (nSPS) is 15.1. The highest BCUT2D eigenvalue weighted by molar-refractivity contribution is 7.32. The van der Waals surface area contributed by atoms with E-state index in [0.717, 1.165) is 31.6 Å². The highest BCUT2D eigenvalue weighted by Crippen LogP contribution is 2.29. The maximum atomic E-state index is 11.0. The second-order valence-electron chi connectivity index (χ2n) is 7.00. The highest BCUT2D eigenvalue weighted by Gasteiger charge is 2.25. The molecule has 0 rings (SSSR count). The molecule has 22 heavy (non-hydrogen) atoms. The van der Waals surface area contributed by atoms with E-state index < -0.39 is 8.25 Å². The molecule has 3 unspecified atom stereocenters. The van der Waals surface area contributed by atoms with E-state index in [9.17, 15) is 4.57 Å². The Morgan fingerprint density at radius 2 is 1.59 bits per heavy atom. The lowest BCUT2D eigenvalue weighted by Crippen LogP contribution is -2.15. The predicted octanol–water partition coefficient (Wildman–Crippen LogP) is 6.62. The molecular weight excluding hydrogens is 295 g/mol. The van der Waals surface area contributed by atoms with Crippen molar-refractivity contribution < 1.29 is 14.0 Å². The Kier molecular flexibility index (Phi) is 14.6. The third-order valence-corrected chi connectivity index (χ3v) is 4.91. The summed E-state index contributed by atoms with van der Waals surface area (Å²) in [4.78, 5) is 9.07. The molecule has 0 aliphatic rings. The molecule has 0 aromatic carbocycles. The summed E-state index contributed by atoms with van der Waals surface area (Å²) < 4.78 is 16.3. The minimum atomic E-state index is -2.47. The smallest absolute Gasteiger partial charge is 0.133 e. The van der Waals surface area contributed by atoms with Crippen molar-refractivity contribution in [1.29, 1.82) is 0 Å². The standard InChI is InChI=1S/C18H37O3P/c1-5-7-13-17(6-2)15-18(21-22(19)20)14-11-9-8-10-12-16(3)4/h16-18H,5-15H2,1-4H3/p+1. The van der Waals surface area contributed by atoms with Gasteiger partial charge in [-0.05, 0) is 24.7 Å². The minimum Gasteiger partial charge on any atom is -0.133 e. The van der Waals surface area contributed by atoms with Crippen LogP contribution in [-0.2, 0) is 9.09 Å². The Morgan fingerprint density at radius 3 is 2.09 bits per heavy atom. The van der Waals surface area contributed by atoms with Crippen LogP contribution in [0.4, 0.5) is 0 Å². The highest BCUT2D eigenvalue weighted by atomic mass is 31.1. The molecule has 0 amide bonds. The Labute approximate surface area is 139 Å².